The van der Waals surface area contributed by atoms with Gasteiger partial charge in [-0.05, 0) is 17.2 Å². The third-order valence-corrected chi connectivity index (χ3v) is 3.34. The van der Waals surface area contributed by atoms with Crippen LogP contribution in [0.4, 0.5) is 14.5 Å². The van der Waals surface area contributed by atoms with Crippen LogP contribution in [-0.2, 0) is 16.0 Å². The number of hydrogen-bond donors (Lipinski definition) is 1. The van der Waals surface area contributed by atoms with Gasteiger partial charge in [0.1, 0.15) is 6.61 Å². The summed E-state index contributed by atoms with van der Waals surface area (Å²) in [4.78, 5) is 13.1. The maximum Gasteiger partial charge on any atom is 0.261 e. The van der Waals surface area contributed by atoms with Crippen molar-refractivity contribution >= 4 is 11.6 Å². The third kappa shape index (κ3) is 3.32. The number of carbonyl (C=O) groups excluding carboxylic acids is 1. The lowest BCUT2D eigenvalue weighted by Gasteiger charge is -2.14. The Kier molecular flexibility index (Phi) is 4.67. The molecule has 2 rings (SSSR count). The van der Waals surface area contributed by atoms with E-state index in [1.165, 1.54) is 0 Å². The number of hydrogen-bond acceptors (Lipinski definition) is 3. The van der Waals surface area contributed by atoms with Crippen molar-refractivity contribution in [2.45, 2.75) is 25.4 Å². The topological polar surface area (TPSA) is 49.8 Å². The highest BCUT2D eigenvalue weighted by Crippen LogP contribution is 2.30. The maximum atomic E-state index is 11.9. The van der Waals surface area contributed by atoms with Crippen molar-refractivity contribution in [2.24, 2.45) is 0 Å². The second-order valence-electron chi connectivity index (χ2n) is 4.79. The molecule has 0 aromatic heterocycles. The minimum absolute atomic E-state index is 0.0203. The molecule has 1 aliphatic heterocycles. The zero-order chi connectivity index (χ0) is 14.7. The standard InChI is InChI=1S/C14H17F2NO3/c1-17-11-3-2-9(6-10(11)7-14(17)19)12(18)4-5-20-8-13(15)16/h2-3,6,12-13,18H,4-5,7-8H2,1H3. The Morgan fingerprint density at radius 3 is 2.90 bits per heavy atom. The zero-order valence-corrected chi connectivity index (χ0v) is 11.2. The van der Waals surface area contributed by atoms with Gasteiger partial charge in [0.05, 0.1) is 12.5 Å². The number of amides is 1. The number of nitrogens with zero attached hydrogens (tertiary/aromatic N) is 1. The number of rotatable bonds is 6. The van der Waals surface area contributed by atoms with Gasteiger partial charge in [-0.3, -0.25) is 4.79 Å². The van der Waals surface area contributed by atoms with Gasteiger partial charge >= 0.3 is 0 Å². The van der Waals surface area contributed by atoms with Gasteiger partial charge in [0.25, 0.3) is 6.43 Å². The van der Waals surface area contributed by atoms with Gasteiger partial charge in [0, 0.05) is 25.8 Å². The van der Waals surface area contributed by atoms with Crippen molar-refractivity contribution in [2.75, 3.05) is 25.2 Å². The van der Waals surface area contributed by atoms with E-state index in [9.17, 15) is 18.7 Å². The van der Waals surface area contributed by atoms with Crippen molar-refractivity contribution < 1.29 is 23.4 Å². The first-order chi connectivity index (χ1) is 9.49. The summed E-state index contributed by atoms with van der Waals surface area (Å²) in [7, 11) is 1.71. The molecule has 1 unspecified atom stereocenters. The van der Waals surface area contributed by atoms with E-state index in [1.54, 1.807) is 30.1 Å². The monoisotopic (exact) mass is 285 g/mol. The number of anilines is 1. The van der Waals surface area contributed by atoms with E-state index < -0.39 is 19.1 Å². The molecule has 0 bridgehead atoms. The van der Waals surface area contributed by atoms with Gasteiger partial charge in [-0.1, -0.05) is 12.1 Å². The normalized spacial score (nSPS) is 15.8. The molecule has 6 heteroatoms. The largest absolute Gasteiger partial charge is 0.388 e. The van der Waals surface area contributed by atoms with E-state index in [2.05, 4.69) is 0 Å². The SMILES string of the molecule is CN1C(=O)Cc2cc(C(O)CCOCC(F)F)ccc21. The molecule has 1 heterocycles. The van der Waals surface area contributed by atoms with Crippen molar-refractivity contribution in [3.05, 3.63) is 29.3 Å². The number of alkyl halides is 2. The number of benzene rings is 1. The van der Waals surface area contributed by atoms with E-state index in [-0.39, 0.29) is 18.9 Å². The van der Waals surface area contributed by atoms with Gasteiger partial charge in [-0.15, -0.1) is 0 Å². The van der Waals surface area contributed by atoms with Crippen LogP contribution < -0.4 is 4.90 Å². The van der Waals surface area contributed by atoms with Crippen LogP contribution in [0.3, 0.4) is 0 Å². The van der Waals surface area contributed by atoms with Crippen LogP contribution in [0, 0.1) is 0 Å². The van der Waals surface area contributed by atoms with Crippen LogP contribution >= 0.6 is 0 Å². The highest BCUT2D eigenvalue weighted by molar-refractivity contribution is 6.00. The number of aliphatic hydroxyl groups is 1. The van der Waals surface area contributed by atoms with Gasteiger partial charge in [-0.25, -0.2) is 8.78 Å². The average molecular weight is 285 g/mol. The molecule has 1 N–H and O–H groups in total. The van der Waals surface area contributed by atoms with E-state index in [4.69, 9.17) is 4.74 Å². The summed E-state index contributed by atoms with van der Waals surface area (Å²) in [6.07, 6.45) is -2.70. The first-order valence-corrected chi connectivity index (χ1v) is 6.42. The van der Waals surface area contributed by atoms with Crippen LogP contribution in [0.5, 0.6) is 0 Å². The predicted octanol–water partition coefficient (Wildman–Crippen LogP) is 1.91. The number of aliphatic hydroxyl groups excluding tert-OH is 1. The smallest absolute Gasteiger partial charge is 0.261 e. The first-order valence-electron chi connectivity index (χ1n) is 6.42. The molecule has 0 saturated heterocycles. The van der Waals surface area contributed by atoms with Gasteiger partial charge in [0.2, 0.25) is 5.91 Å². The summed E-state index contributed by atoms with van der Waals surface area (Å²) in [5.74, 6) is 0.0203. The number of ether oxygens (including phenoxy) is 1. The van der Waals surface area contributed by atoms with Crippen molar-refractivity contribution in [3.63, 3.8) is 0 Å². The quantitative estimate of drug-likeness (QED) is 0.812. The predicted molar refractivity (Wildman–Crippen MR) is 70.0 cm³/mol. The molecule has 4 nitrogen and oxygen atoms in total. The van der Waals surface area contributed by atoms with E-state index in [0.717, 1.165) is 11.3 Å². The Labute approximate surface area is 116 Å². The van der Waals surface area contributed by atoms with Gasteiger partial charge in [-0.2, -0.15) is 0 Å². The van der Waals surface area contributed by atoms with E-state index in [1.807, 2.05) is 0 Å². The lowest BCUT2D eigenvalue weighted by atomic mass is 10.0. The van der Waals surface area contributed by atoms with Crippen LogP contribution in [0.2, 0.25) is 0 Å². The molecule has 0 fully saturated rings. The van der Waals surface area contributed by atoms with Crippen LogP contribution in [0.25, 0.3) is 0 Å². The fourth-order valence-electron chi connectivity index (χ4n) is 2.23. The summed E-state index contributed by atoms with van der Waals surface area (Å²) in [6.45, 7) is -0.544. The lowest BCUT2D eigenvalue weighted by molar-refractivity contribution is -0.117. The summed E-state index contributed by atoms with van der Waals surface area (Å²) >= 11 is 0. The molecule has 1 aromatic carbocycles. The first kappa shape index (κ1) is 14.9. The van der Waals surface area contributed by atoms with Gasteiger partial charge in [0.15, 0.2) is 0 Å². The minimum Gasteiger partial charge on any atom is -0.388 e. The summed E-state index contributed by atoms with van der Waals surface area (Å²) < 4.78 is 28.5. The maximum absolute atomic E-state index is 11.9. The lowest BCUT2D eigenvalue weighted by Crippen LogP contribution is -2.20. The summed E-state index contributed by atoms with van der Waals surface area (Å²) in [5, 5.41) is 9.98. The van der Waals surface area contributed by atoms with E-state index in [0.29, 0.717) is 12.0 Å². The van der Waals surface area contributed by atoms with Crippen LogP contribution in [0.15, 0.2) is 18.2 Å². The summed E-state index contributed by atoms with van der Waals surface area (Å²) in [5.41, 5.74) is 2.40. The Morgan fingerprint density at radius 2 is 2.20 bits per heavy atom. The Morgan fingerprint density at radius 1 is 1.45 bits per heavy atom. The number of halogens is 2. The van der Waals surface area contributed by atoms with Gasteiger partial charge < -0.3 is 14.7 Å². The second kappa shape index (κ2) is 6.28. The molecule has 0 aliphatic carbocycles. The van der Waals surface area contributed by atoms with E-state index >= 15 is 0 Å². The Balaban J connectivity index is 1.93. The van der Waals surface area contributed by atoms with Crippen molar-refractivity contribution in [1.82, 2.24) is 0 Å². The molecule has 1 amide bonds. The average Bonchev–Trinajstić information content (AvgIpc) is 2.69. The molecular formula is C14H17F2NO3. The Hall–Kier alpha value is -1.53. The highest BCUT2D eigenvalue weighted by Gasteiger charge is 2.24. The molecule has 0 saturated carbocycles. The number of carbonyl (C=O) groups is 1. The molecule has 1 aliphatic rings. The van der Waals surface area contributed by atoms with Crippen molar-refractivity contribution in [3.8, 4) is 0 Å². The number of fused-ring (bicyclic) bond motifs is 1. The van der Waals surface area contributed by atoms with Crippen LogP contribution in [0.1, 0.15) is 23.7 Å². The molecule has 0 radical (unpaired) electrons. The fraction of sp³-hybridized carbons (Fsp3) is 0.500. The molecule has 110 valence electrons. The molecular weight excluding hydrogens is 268 g/mol. The molecule has 1 atom stereocenters. The van der Waals surface area contributed by atoms with Crippen LogP contribution in [-0.4, -0.2) is 37.7 Å². The summed E-state index contributed by atoms with van der Waals surface area (Å²) in [6, 6.07) is 5.32. The fourth-order valence-corrected chi connectivity index (χ4v) is 2.23. The molecule has 20 heavy (non-hydrogen) atoms. The Bertz CT molecular complexity index is 493. The molecule has 0 spiro atoms. The highest BCUT2D eigenvalue weighted by atomic mass is 19.3. The third-order valence-electron chi connectivity index (χ3n) is 3.34. The zero-order valence-electron chi connectivity index (χ0n) is 11.2. The van der Waals surface area contributed by atoms with Crippen molar-refractivity contribution in [1.29, 1.82) is 0 Å². The minimum atomic E-state index is -2.49. The molecule has 1 aromatic rings. The number of likely N-dealkylation sites (N-methyl/N-ethyl adjacent to an activating group) is 1. The second-order valence-corrected chi connectivity index (χ2v) is 4.79.